The molecule has 0 bridgehead atoms. The van der Waals surface area contributed by atoms with E-state index in [0.29, 0.717) is 17.9 Å². The Labute approximate surface area is 103 Å². The number of aromatic amines is 1. The minimum absolute atomic E-state index is 0.0337. The van der Waals surface area contributed by atoms with Crippen LogP contribution in [0.4, 0.5) is 8.78 Å². The molecule has 0 radical (unpaired) electrons. The molecule has 0 saturated heterocycles. The Morgan fingerprint density at radius 3 is 2.78 bits per heavy atom. The molecule has 2 rings (SSSR count). The molecule has 0 fully saturated rings. The fourth-order valence-corrected chi connectivity index (χ4v) is 1.84. The SMILES string of the molecule is CCNC(c1ncn[nH]1)c1c(F)ccc(C)c1F. The van der Waals surface area contributed by atoms with E-state index in [1.807, 2.05) is 6.92 Å². The summed E-state index contributed by atoms with van der Waals surface area (Å²) in [5.74, 6) is -0.766. The summed E-state index contributed by atoms with van der Waals surface area (Å²) in [5, 5.41) is 9.35. The van der Waals surface area contributed by atoms with Crippen LogP contribution in [0.2, 0.25) is 0 Å². The van der Waals surface area contributed by atoms with Crippen LogP contribution < -0.4 is 5.32 Å². The maximum Gasteiger partial charge on any atom is 0.146 e. The molecular weight excluding hydrogens is 238 g/mol. The number of nitrogens with zero attached hydrogens (tertiary/aromatic N) is 2. The van der Waals surface area contributed by atoms with Gasteiger partial charge in [0.2, 0.25) is 0 Å². The number of rotatable bonds is 4. The molecule has 0 aliphatic rings. The second-order valence-electron chi connectivity index (χ2n) is 3.95. The molecule has 1 unspecified atom stereocenters. The van der Waals surface area contributed by atoms with Gasteiger partial charge in [0.15, 0.2) is 0 Å². The van der Waals surface area contributed by atoms with Crippen LogP contribution in [0, 0.1) is 18.6 Å². The number of hydrogen-bond acceptors (Lipinski definition) is 3. The van der Waals surface area contributed by atoms with Crippen LogP contribution in [0.3, 0.4) is 0 Å². The van der Waals surface area contributed by atoms with Gasteiger partial charge in [-0.15, -0.1) is 0 Å². The first-order valence-electron chi connectivity index (χ1n) is 5.68. The predicted molar refractivity (Wildman–Crippen MR) is 63.0 cm³/mol. The zero-order valence-corrected chi connectivity index (χ0v) is 10.2. The van der Waals surface area contributed by atoms with Gasteiger partial charge in [0.1, 0.15) is 23.8 Å². The lowest BCUT2D eigenvalue weighted by atomic mass is 10.0. The van der Waals surface area contributed by atoms with Crippen molar-refractivity contribution in [2.45, 2.75) is 19.9 Å². The maximum atomic E-state index is 14.1. The smallest absolute Gasteiger partial charge is 0.146 e. The summed E-state index contributed by atoms with van der Waals surface area (Å²) in [6.07, 6.45) is 1.31. The Morgan fingerprint density at radius 2 is 2.17 bits per heavy atom. The van der Waals surface area contributed by atoms with Crippen molar-refractivity contribution in [3.05, 3.63) is 47.0 Å². The van der Waals surface area contributed by atoms with Gasteiger partial charge in [0.25, 0.3) is 0 Å². The van der Waals surface area contributed by atoms with Gasteiger partial charge < -0.3 is 5.32 Å². The molecule has 2 N–H and O–H groups in total. The Hall–Kier alpha value is -1.82. The highest BCUT2D eigenvalue weighted by Gasteiger charge is 2.24. The Bertz CT molecular complexity index is 525. The molecule has 4 nitrogen and oxygen atoms in total. The second-order valence-corrected chi connectivity index (χ2v) is 3.95. The van der Waals surface area contributed by atoms with Crippen LogP contribution in [-0.4, -0.2) is 21.7 Å². The lowest BCUT2D eigenvalue weighted by Gasteiger charge is -2.18. The molecule has 0 spiro atoms. The van der Waals surface area contributed by atoms with Crippen molar-refractivity contribution in [3.8, 4) is 0 Å². The van der Waals surface area contributed by atoms with Crippen LogP contribution in [-0.2, 0) is 0 Å². The largest absolute Gasteiger partial charge is 0.304 e. The summed E-state index contributed by atoms with van der Waals surface area (Å²) < 4.78 is 27.9. The molecule has 1 heterocycles. The van der Waals surface area contributed by atoms with Crippen molar-refractivity contribution >= 4 is 0 Å². The minimum Gasteiger partial charge on any atom is -0.304 e. The molecule has 18 heavy (non-hydrogen) atoms. The number of aryl methyl sites for hydroxylation is 1. The minimum atomic E-state index is -0.669. The number of benzene rings is 1. The van der Waals surface area contributed by atoms with E-state index >= 15 is 0 Å². The van der Waals surface area contributed by atoms with E-state index in [9.17, 15) is 8.78 Å². The highest BCUT2D eigenvalue weighted by molar-refractivity contribution is 5.32. The Balaban J connectivity index is 2.52. The van der Waals surface area contributed by atoms with Crippen molar-refractivity contribution in [3.63, 3.8) is 0 Å². The summed E-state index contributed by atoms with van der Waals surface area (Å²) in [7, 11) is 0. The van der Waals surface area contributed by atoms with Crippen LogP contribution >= 0.6 is 0 Å². The van der Waals surface area contributed by atoms with E-state index in [4.69, 9.17) is 0 Å². The second kappa shape index (κ2) is 5.22. The molecule has 0 aliphatic heterocycles. The highest BCUT2D eigenvalue weighted by atomic mass is 19.1. The molecule has 0 aliphatic carbocycles. The number of H-pyrrole nitrogens is 1. The normalized spacial score (nSPS) is 12.7. The van der Waals surface area contributed by atoms with E-state index in [1.54, 1.807) is 6.92 Å². The van der Waals surface area contributed by atoms with Gasteiger partial charge >= 0.3 is 0 Å². The number of hydrogen-bond donors (Lipinski definition) is 2. The van der Waals surface area contributed by atoms with E-state index in [-0.39, 0.29) is 5.56 Å². The molecule has 96 valence electrons. The van der Waals surface area contributed by atoms with Gasteiger partial charge in [-0.2, -0.15) is 5.10 Å². The van der Waals surface area contributed by atoms with Crippen LogP contribution in [0.25, 0.3) is 0 Å². The molecule has 0 saturated carbocycles. The fraction of sp³-hybridized carbons (Fsp3) is 0.333. The molecule has 6 heteroatoms. The molecule has 1 aromatic heterocycles. The van der Waals surface area contributed by atoms with Crippen molar-refractivity contribution in [2.24, 2.45) is 0 Å². The average Bonchev–Trinajstić information content (AvgIpc) is 2.87. The zero-order valence-electron chi connectivity index (χ0n) is 10.2. The average molecular weight is 252 g/mol. The number of nitrogens with one attached hydrogen (secondary N) is 2. The third-order valence-corrected chi connectivity index (χ3v) is 2.72. The molecule has 2 aromatic rings. The van der Waals surface area contributed by atoms with Crippen LogP contribution in [0.5, 0.6) is 0 Å². The van der Waals surface area contributed by atoms with Gasteiger partial charge in [-0.05, 0) is 25.1 Å². The monoisotopic (exact) mass is 252 g/mol. The third-order valence-electron chi connectivity index (χ3n) is 2.72. The Kier molecular flexibility index (Phi) is 3.66. The first-order valence-corrected chi connectivity index (χ1v) is 5.68. The molecule has 1 aromatic carbocycles. The Morgan fingerprint density at radius 1 is 1.39 bits per heavy atom. The van der Waals surface area contributed by atoms with Gasteiger partial charge in [-0.1, -0.05) is 13.0 Å². The van der Waals surface area contributed by atoms with Crippen LogP contribution in [0.15, 0.2) is 18.5 Å². The third kappa shape index (κ3) is 2.24. The van der Waals surface area contributed by atoms with Crippen LogP contribution in [0.1, 0.15) is 29.9 Å². The molecule has 1 atom stereocenters. The number of halogens is 2. The summed E-state index contributed by atoms with van der Waals surface area (Å²) in [4.78, 5) is 3.96. The van der Waals surface area contributed by atoms with Crippen molar-refractivity contribution in [2.75, 3.05) is 6.54 Å². The first kappa shape index (κ1) is 12.6. The van der Waals surface area contributed by atoms with Crippen molar-refractivity contribution in [1.82, 2.24) is 20.5 Å². The highest BCUT2D eigenvalue weighted by Crippen LogP contribution is 2.26. The summed E-state index contributed by atoms with van der Waals surface area (Å²) >= 11 is 0. The molecule has 0 amide bonds. The van der Waals surface area contributed by atoms with Gasteiger partial charge in [0.05, 0.1) is 6.04 Å². The lowest BCUT2D eigenvalue weighted by molar-refractivity contribution is 0.496. The topological polar surface area (TPSA) is 53.6 Å². The lowest BCUT2D eigenvalue weighted by Crippen LogP contribution is -2.25. The van der Waals surface area contributed by atoms with Gasteiger partial charge in [-0.25, -0.2) is 13.8 Å². The van der Waals surface area contributed by atoms with Crippen molar-refractivity contribution < 1.29 is 8.78 Å². The maximum absolute atomic E-state index is 14.1. The molecular formula is C12H14F2N4. The fourth-order valence-electron chi connectivity index (χ4n) is 1.84. The first-order chi connectivity index (χ1) is 8.65. The van der Waals surface area contributed by atoms with E-state index in [1.165, 1.54) is 18.5 Å². The quantitative estimate of drug-likeness (QED) is 0.876. The van der Waals surface area contributed by atoms with E-state index in [2.05, 4.69) is 20.5 Å². The van der Waals surface area contributed by atoms with Gasteiger partial charge in [-0.3, -0.25) is 5.10 Å². The number of aromatic nitrogens is 3. The van der Waals surface area contributed by atoms with E-state index < -0.39 is 17.7 Å². The van der Waals surface area contributed by atoms with E-state index in [0.717, 1.165) is 0 Å². The standard InChI is InChI=1S/C12H14F2N4/c1-3-15-11(12-16-6-17-18-12)9-8(13)5-4-7(2)10(9)14/h4-6,11,15H,3H2,1-2H3,(H,16,17,18). The summed E-state index contributed by atoms with van der Waals surface area (Å²) in [5.41, 5.74) is 0.363. The summed E-state index contributed by atoms with van der Waals surface area (Å²) in [6.45, 7) is 4.01. The van der Waals surface area contributed by atoms with Crippen molar-refractivity contribution in [1.29, 1.82) is 0 Å². The summed E-state index contributed by atoms with van der Waals surface area (Å²) in [6, 6.07) is 2.00. The zero-order chi connectivity index (χ0) is 13.1. The van der Waals surface area contributed by atoms with Gasteiger partial charge in [0, 0.05) is 5.56 Å². The predicted octanol–water partition coefficient (Wildman–Crippen LogP) is 2.09.